The third kappa shape index (κ3) is 4.27. The summed E-state index contributed by atoms with van der Waals surface area (Å²) in [4.78, 5) is 0. The first-order valence-corrected chi connectivity index (χ1v) is 7.51. The van der Waals surface area contributed by atoms with Gasteiger partial charge in [0.2, 0.25) is 0 Å². The van der Waals surface area contributed by atoms with Gasteiger partial charge < -0.3 is 5.11 Å². The number of aromatic hydroxyl groups is 1. The van der Waals surface area contributed by atoms with E-state index in [1.807, 2.05) is 12.1 Å². The van der Waals surface area contributed by atoms with E-state index in [2.05, 4.69) is 31.2 Å². The first-order chi connectivity index (χ1) is 9.29. The minimum atomic E-state index is 0.360. The summed E-state index contributed by atoms with van der Waals surface area (Å²) in [7, 11) is 0. The van der Waals surface area contributed by atoms with Gasteiger partial charge in [-0.3, -0.25) is 0 Å². The van der Waals surface area contributed by atoms with Crippen LogP contribution in [0.2, 0.25) is 0 Å². The molecular formula is C18H24O. The number of fused-ring (bicyclic) bond motifs is 1. The molecule has 0 unspecified atom stereocenters. The van der Waals surface area contributed by atoms with Crippen molar-refractivity contribution >= 4 is 0 Å². The van der Waals surface area contributed by atoms with Gasteiger partial charge in [-0.05, 0) is 41.7 Å². The van der Waals surface area contributed by atoms with Crippen LogP contribution in [0, 0.1) is 0 Å². The molecule has 102 valence electrons. The third-order valence-corrected chi connectivity index (χ3v) is 3.71. The molecule has 0 aromatic heterocycles. The Balaban J connectivity index is 1.84. The fourth-order valence-corrected chi connectivity index (χ4v) is 2.54. The fraction of sp³-hybridized carbons (Fsp3) is 0.444. The molecule has 1 heteroatoms. The van der Waals surface area contributed by atoms with Gasteiger partial charge in [0.05, 0.1) is 0 Å². The number of rotatable bonds is 7. The van der Waals surface area contributed by atoms with E-state index in [-0.39, 0.29) is 0 Å². The Morgan fingerprint density at radius 3 is 2.00 bits per heavy atom. The van der Waals surface area contributed by atoms with Crippen molar-refractivity contribution in [3.8, 4) is 16.9 Å². The Bertz CT molecular complexity index is 442. The summed E-state index contributed by atoms with van der Waals surface area (Å²) < 4.78 is 0. The van der Waals surface area contributed by atoms with E-state index in [1.165, 1.54) is 44.1 Å². The van der Waals surface area contributed by atoms with Crippen LogP contribution in [0.3, 0.4) is 0 Å². The minimum absolute atomic E-state index is 0.360. The standard InChI is InChI=1S/C18H24O/c1-2-3-4-5-6-7-8-15-9-11-16-13-18(19)14-17(16)12-10-15/h9-14,19H,2-8H2,1H3. The van der Waals surface area contributed by atoms with E-state index < -0.39 is 0 Å². The largest absolute Gasteiger partial charge is 0.508 e. The van der Waals surface area contributed by atoms with E-state index in [0.717, 1.165) is 17.5 Å². The van der Waals surface area contributed by atoms with Crippen molar-refractivity contribution in [2.75, 3.05) is 0 Å². The Labute approximate surface area is 116 Å². The lowest BCUT2D eigenvalue weighted by Gasteiger charge is -2.00. The van der Waals surface area contributed by atoms with Gasteiger partial charge in [-0.1, -0.05) is 63.3 Å². The van der Waals surface area contributed by atoms with Crippen LogP contribution in [-0.2, 0) is 6.42 Å². The van der Waals surface area contributed by atoms with Crippen LogP contribution in [-0.4, -0.2) is 5.11 Å². The van der Waals surface area contributed by atoms with Gasteiger partial charge in [0.25, 0.3) is 0 Å². The molecule has 0 heterocycles. The third-order valence-electron chi connectivity index (χ3n) is 3.71. The highest BCUT2D eigenvalue weighted by Gasteiger charge is 2.03. The smallest absolute Gasteiger partial charge is 0.116 e. The molecule has 0 saturated carbocycles. The number of hydrogen-bond acceptors (Lipinski definition) is 1. The predicted molar refractivity (Wildman–Crippen MR) is 81.8 cm³/mol. The van der Waals surface area contributed by atoms with Gasteiger partial charge in [-0.2, -0.15) is 0 Å². The van der Waals surface area contributed by atoms with Gasteiger partial charge in [0.1, 0.15) is 5.75 Å². The van der Waals surface area contributed by atoms with E-state index >= 15 is 0 Å². The van der Waals surface area contributed by atoms with Crippen molar-refractivity contribution < 1.29 is 5.11 Å². The molecule has 0 fully saturated rings. The van der Waals surface area contributed by atoms with Crippen LogP contribution in [0.1, 0.15) is 51.0 Å². The first-order valence-electron chi connectivity index (χ1n) is 7.51. The zero-order valence-corrected chi connectivity index (χ0v) is 11.9. The Hall–Kier alpha value is -1.50. The minimum Gasteiger partial charge on any atom is -0.508 e. The molecule has 2 aliphatic carbocycles. The molecule has 19 heavy (non-hydrogen) atoms. The summed E-state index contributed by atoms with van der Waals surface area (Å²) in [5, 5.41) is 9.45. The lowest BCUT2D eigenvalue weighted by molar-refractivity contribution is 0.477. The van der Waals surface area contributed by atoms with E-state index in [0.29, 0.717) is 5.75 Å². The molecule has 0 aromatic carbocycles. The zero-order valence-electron chi connectivity index (χ0n) is 11.9. The SMILES string of the molecule is CCCCCCCCc1ccc2cc(O)cc-2cc1. The molecule has 0 spiro atoms. The first kappa shape index (κ1) is 13.9. The van der Waals surface area contributed by atoms with Crippen LogP contribution in [0.25, 0.3) is 11.1 Å². The van der Waals surface area contributed by atoms with Crippen molar-refractivity contribution in [1.82, 2.24) is 0 Å². The topological polar surface area (TPSA) is 20.2 Å². The van der Waals surface area contributed by atoms with Crippen LogP contribution in [0.4, 0.5) is 0 Å². The molecular weight excluding hydrogens is 232 g/mol. The monoisotopic (exact) mass is 256 g/mol. The van der Waals surface area contributed by atoms with Crippen molar-refractivity contribution in [3.05, 3.63) is 42.0 Å². The van der Waals surface area contributed by atoms with Crippen LogP contribution in [0.5, 0.6) is 5.75 Å². The maximum absolute atomic E-state index is 9.45. The van der Waals surface area contributed by atoms with Crippen molar-refractivity contribution in [1.29, 1.82) is 0 Å². The average Bonchev–Trinajstić information content (AvgIpc) is 2.66. The molecule has 0 aliphatic heterocycles. The van der Waals surface area contributed by atoms with Crippen molar-refractivity contribution in [3.63, 3.8) is 0 Å². The molecule has 0 saturated heterocycles. The van der Waals surface area contributed by atoms with Gasteiger partial charge in [-0.25, -0.2) is 0 Å². The summed E-state index contributed by atoms with van der Waals surface area (Å²) >= 11 is 0. The lowest BCUT2D eigenvalue weighted by atomic mass is 10.1. The molecule has 1 nitrogen and oxygen atoms in total. The van der Waals surface area contributed by atoms with Crippen LogP contribution < -0.4 is 0 Å². The van der Waals surface area contributed by atoms with Crippen LogP contribution in [0.15, 0.2) is 36.4 Å². The summed E-state index contributed by atoms with van der Waals surface area (Å²) in [6, 6.07) is 12.2. The van der Waals surface area contributed by atoms with E-state index in [4.69, 9.17) is 0 Å². The predicted octanol–water partition coefficient (Wildman–Crippen LogP) is 5.40. The van der Waals surface area contributed by atoms with Crippen molar-refractivity contribution in [2.45, 2.75) is 51.9 Å². The normalized spacial score (nSPS) is 11.0. The summed E-state index contributed by atoms with van der Waals surface area (Å²) in [5.41, 5.74) is 3.63. The summed E-state index contributed by atoms with van der Waals surface area (Å²) in [5.74, 6) is 0.360. The van der Waals surface area contributed by atoms with Gasteiger partial charge in [0, 0.05) is 0 Å². The zero-order chi connectivity index (χ0) is 13.5. The van der Waals surface area contributed by atoms with E-state index in [1.54, 1.807) is 0 Å². The molecule has 1 N–H and O–H groups in total. The highest BCUT2D eigenvalue weighted by Crippen LogP contribution is 2.29. The number of hydrogen-bond donors (Lipinski definition) is 1. The van der Waals surface area contributed by atoms with Gasteiger partial charge in [-0.15, -0.1) is 0 Å². The molecule has 0 radical (unpaired) electrons. The number of aryl methyl sites for hydroxylation is 1. The second-order valence-electron chi connectivity index (χ2n) is 5.38. The van der Waals surface area contributed by atoms with Crippen LogP contribution >= 0.6 is 0 Å². The lowest BCUT2D eigenvalue weighted by Crippen LogP contribution is -1.84. The second-order valence-corrected chi connectivity index (χ2v) is 5.38. The molecule has 2 rings (SSSR count). The van der Waals surface area contributed by atoms with Gasteiger partial charge >= 0.3 is 0 Å². The van der Waals surface area contributed by atoms with Gasteiger partial charge in [0.15, 0.2) is 0 Å². The highest BCUT2D eigenvalue weighted by atomic mass is 16.3. The molecule has 0 atom stereocenters. The fourth-order valence-electron chi connectivity index (χ4n) is 2.54. The number of unbranched alkanes of at least 4 members (excludes halogenated alkanes) is 5. The molecule has 0 bridgehead atoms. The Kier molecular flexibility index (Phi) is 5.26. The maximum atomic E-state index is 9.45. The van der Waals surface area contributed by atoms with E-state index in [9.17, 15) is 5.11 Å². The average molecular weight is 256 g/mol. The second kappa shape index (κ2) is 7.18. The Morgan fingerprint density at radius 2 is 1.37 bits per heavy atom. The maximum Gasteiger partial charge on any atom is 0.116 e. The molecule has 2 aliphatic rings. The quantitative estimate of drug-likeness (QED) is 0.657. The molecule has 0 amide bonds. The van der Waals surface area contributed by atoms with Crippen molar-refractivity contribution in [2.24, 2.45) is 0 Å². The Morgan fingerprint density at radius 1 is 0.789 bits per heavy atom. The summed E-state index contributed by atoms with van der Waals surface area (Å²) in [6.45, 7) is 2.26. The molecule has 0 aromatic rings. The summed E-state index contributed by atoms with van der Waals surface area (Å²) in [6.07, 6.45) is 9.22. The highest BCUT2D eigenvalue weighted by molar-refractivity contribution is 5.69.